The summed E-state index contributed by atoms with van der Waals surface area (Å²) < 4.78 is 0. The van der Waals surface area contributed by atoms with Gasteiger partial charge in [0.25, 0.3) is 0 Å². The van der Waals surface area contributed by atoms with Gasteiger partial charge in [0.1, 0.15) is 29.6 Å². The fraction of sp³-hybridized carbons (Fsp3) is 0.529. The van der Waals surface area contributed by atoms with Crippen LogP contribution in [0.25, 0.3) is 11.1 Å². The van der Waals surface area contributed by atoms with E-state index in [1.54, 1.807) is 37.3 Å². The number of phenolic OH excluding ortho intramolecular Hbond substituents is 2. The molecule has 2 aromatic carbocycles. The molecule has 0 saturated carbocycles. The van der Waals surface area contributed by atoms with E-state index in [1.807, 2.05) is 0 Å². The number of rotatable bonds is 21. The number of carbonyl (C=O) groups is 4. The highest BCUT2D eigenvalue weighted by atomic mass is 16.3. The fourth-order valence-electron chi connectivity index (χ4n) is 5.01. The number of aryl methyl sites for hydroxylation is 1. The highest BCUT2D eigenvalue weighted by Gasteiger charge is 2.30. The summed E-state index contributed by atoms with van der Waals surface area (Å²) in [4.78, 5) is 53.1. The van der Waals surface area contributed by atoms with E-state index in [9.17, 15) is 29.4 Å². The molecule has 0 heterocycles. The molecule has 15 heteroatoms. The number of aromatic hydroxyl groups is 2. The Morgan fingerprint density at radius 2 is 1.24 bits per heavy atom. The van der Waals surface area contributed by atoms with E-state index < -0.39 is 53.8 Å². The average Bonchev–Trinajstić information content (AvgIpc) is 3.07. The third kappa shape index (κ3) is 13.6. The predicted octanol–water partition coefficient (Wildman–Crippen LogP) is -0.889. The molecule has 0 aliphatic rings. The Morgan fingerprint density at radius 3 is 1.82 bits per heavy atom. The number of hydrogen-bond donors (Lipinski definition) is 11. The molecule has 0 radical (unpaired) electrons. The lowest BCUT2D eigenvalue weighted by atomic mass is 9.96. The summed E-state index contributed by atoms with van der Waals surface area (Å²) in [6.45, 7) is 3.84. The molecule has 0 fully saturated rings. The van der Waals surface area contributed by atoms with E-state index in [0.717, 1.165) is 5.56 Å². The maximum atomic E-state index is 13.9. The van der Waals surface area contributed by atoms with Crippen molar-refractivity contribution in [3.63, 3.8) is 0 Å². The maximum Gasteiger partial charge on any atom is 0.243 e. The minimum Gasteiger partial charge on any atom is -0.508 e. The number of aliphatic hydroxyl groups is 1. The number of benzene rings is 2. The molecule has 272 valence electrons. The molecule has 0 unspecified atom stereocenters. The van der Waals surface area contributed by atoms with Gasteiger partial charge in [-0.2, -0.15) is 0 Å². The average molecular weight is 687 g/mol. The summed E-state index contributed by atoms with van der Waals surface area (Å²) in [5, 5.41) is 40.8. The van der Waals surface area contributed by atoms with Crippen LogP contribution in [-0.4, -0.2) is 95.4 Å². The second kappa shape index (κ2) is 20.9. The van der Waals surface area contributed by atoms with Gasteiger partial charge in [0.15, 0.2) is 0 Å². The fourth-order valence-corrected chi connectivity index (χ4v) is 5.01. The number of phenols is 2. The Morgan fingerprint density at radius 1 is 0.714 bits per heavy atom. The third-order valence-corrected chi connectivity index (χ3v) is 8.03. The quantitative estimate of drug-likeness (QED) is 0.0717. The molecule has 0 bridgehead atoms. The first-order valence-corrected chi connectivity index (χ1v) is 16.6. The van der Waals surface area contributed by atoms with Crippen LogP contribution in [0.4, 0.5) is 0 Å². The predicted molar refractivity (Wildman–Crippen MR) is 187 cm³/mol. The van der Waals surface area contributed by atoms with Crippen molar-refractivity contribution in [1.29, 1.82) is 0 Å². The second-order valence-corrected chi connectivity index (χ2v) is 12.3. The molecule has 15 nitrogen and oxygen atoms in total. The van der Waals surface area contributed by atoms with Gasteiger partial charge in [0.05, 0.1) is 12.6 Å². The van der Waals surface area contributed by atoms with E-state index in [1.165, 1.54) is 13.0 Å². The summed E-state index contributed by atoms with van der Waals surface area (Å²) in [6, 6.07) is 5.23. The standard InChI is InChI=1S/C34H54N8O7/c1-20-16-22(9-11-29(20)44)23-10-12-30(45)24(17-23)18-28(42-33(48)27(8-4-14-36)40-31(46)21(2)37)34(49)41-26(7-3-13-35)32(47)39-15-5-6-25(38)19-43/h9-12,16-17,21,25-28,43-45H,3-8,13-15,18-19,35-38H2,1-2H3,(H,39,47)(H,40,46)(H,41,49)(H,42,48)/t21-,25-,26-,27-,28-/m0/s1. The number of hydrogen-bond acceptors (Lipinski definition) is 11. The van der Waals surface area contributed by atoms with Crippen molar-refractivity contribution in [3.8, 4) is 22.6 Å². The van der Waals surface area contributed by atoms with Crippen LogP contribution >= 0.6 is 0 Å². The summed E-state index contributed by atoms with van der Waals surface area (Å²) in [5.41, 5.74) is 25.2. The molecule has 4 amide bonds. The zero-order valence-electron chi connectivity index (χ0n) is 28.4. The molecule has 0 aromatic heterocycles. The molecule has 49 heavy (non-hydrogen) atoms. The summed E-state index contributed by atoms with van der Waals surface area (Å²) >= 11 is 0. The second-order valence-electron chi connectivity index (χ2n) is 12.3. The van der Waals surface area contributed by atoms with Gasteiger partial charge in [0, 0.05) is 19.0 Å². The molecular formula is C34H54N8O7. The molecule has 0 saturated heterocycles. The van der Waals surface area contributed by atoms with Gasteiger partial charge in [-0.05, 0) is 112 Å². The Balaban J connectivity index is 2.42. The van der Waals surface area contributed by atoms with Crippen molar-refractivity contribution in [3.05, 3.63) is 47.5 Å². The van der Waals surface area contributed by atoms with E-state index in [2.05, 4.69) is 21.3 Å². The highest BCUT2D eigenvalue weighted by Crippen LogP contribution is 2.30. The van der Waals surface area contributed by atoms with Crippen LogP contribution in [0.3, 0.4) is 0 Å². The van der Waals surface area contributed by atoms with Crippen LogP contribution < -0.4 is 44.2 Å². The molecule has 0 spiro atoms. The molecule has 2 aromatic rings. The number of nitrogens with two attached hydrogens (primary N) is 4. The van der Waals surface area contributed by atoms with Gasteiger partial charge >= 0.3 is 0 Å². The minimum atomic E-state index is -1.29. The van der Waals surface area contributed by atoms with Crippen molar-refractivity contribution in [2.45, 2.75) is 89.0 Å². The maximum absolute atomic E-state index is 13.9. The SMILES string of the molecule is Cc1cc(-c2ccc(O)c(C[C@H](NC(=O)[C@H](CCCN)NC(=O)[C@H](C)N)C(=O)N[C@@H](CCCN)C(=O)NCCC[C@H](N)CO)c2)ccc1O. The van der Waals surface area contributed by atoms with Gasteiger partial charge < -0.3 is 59.5 Å². The Kier molecular flexibility index (Phi) is 17.5. The molecule has 2 rings (SSSR count). The normalized spacial score (nSPS) is 14.2. The van der Waals surface area contributed by atoms with Gasteiger partial charge in [-0.1, -0.05) is 12.1 Å². The van der Waals surface area contributed by atoms with Crippen molar-refractivity contribution in [2.75, 3.05) is 26.2 Å². The summed E-state index contributed by atoms with van der Waals surface area (Å²) in [7, 11) is 0. The minimum absolute atomic E-state index is 0.129. The van der Waals surface area contributed by atoms with Crippen molar-refractivity contribution in [2.24, 2.45) is 22.9 Å². The first kappa shape index (κ1) is 40.9. The number of amides is 4. The Labute approximate surface area is 287 Å². The lowest BCUT2D eigenvalue weighted by Gasteiger charge is -2.26. The molecule has 15 N–H and O–H groups in total. The van der Waals surface area contributed by atoms with Crippen LogP contribution in [0, 0.1) is 6.92 Å². The monoisotopic (exact) mass is 686 g/mol. The lowest BCUT2D eigenvalue weighted by Crippen LogP contribution is -2.58. The van der Waals surface area contributed by atoms with Crippen LogP contribution in [0.2, 0.25) is 0 Å². The zero-order valence-corrected chi connectivity index (χ0v) is 28.4. The van der Waals surface area contributed by atoms with E-state index >= 15 is 0 Å². The van der Waals surface area contributed by atoms with Crippen molar-refractivity contribution < 1.29 is 34.5 Å². The topological polar surface area (TPSA) is 281 Å². The van der Waals surface area contributed by atoms with Crippen LogP contribution in [0.1, 0.15) is 56.6 Å². The van der Waals surface area contributed by atoms with Gasteiger partial charge in [-0.25, -0.2) is 0 Å². The lowest BCUT2D eigenvalue weighted by molar-refractivity contribution is -0.134. The van der Waals surface area contributed by atoms with E-state index in [4.69, 9.17) is 28.0 Å². The smallest absolute Gasteiger partial charge is 0.243 e. The molecular weight excluding hydrogens is 632 g/mol. The largest absolute Gasteiger partial charge is 0.508 e. The molecule has 0 aliphatic heterocycles. The van der Waals surface area contributed by atoms with Crippen LogP contribution in [0.15, 0.2) is 36.4 Å². The number of nitrogens with one attached hydrogen (secondary N) is 4. The van der Waals surface area contributed by atoms with Crippen LogP contribution in [0.5, 0.6) is 11.5 Å². The third-order valence-electron chi connectivity index (χ3n) is 8.03. The van der Waals surface area contributed by atoms with Crippen LogP contribution in [-0.2, 0) is 25.6 Å². The highest BCUT2D eigenvalue weighted by molar-refractivity contribution is 5.95. The van der Waals surface area contributed by atoms with Crippen molar-refractivity contribution in [1.82, 2.24) is 21.3 Å². The molecule has 5 atom stereocenters. The number of aliphatic hydroxyl groups excluding tert-OH is 1. The van der Waals surface area contributed by atoms with E-state index in [0.29, 0.717) is 42.4 Å². The Hall–Kier alpha value is -4.28. The summed E-state index contributed by atoms with van der Waals surface area (Å²) in [5.74, 6) is -2.39. The number of carbonyl (C=O) groups excluding carboxylic acids is 4. The zero-order chi connectivity index (χ0) is 36.5. The van der Waals surface area contributed by atoms with Gasteiger partial charge in [-0.15, -0.1) is 0 Å². The van der Waals surface area contributed by atoms with Gasteiger partial charge in [-0.3, -0.25) is 19.2 Å². The van der Waals surface area contributed by atoms with E-state index in [-0.39, 0.29) is 57.0 Å². The first-order valence-electron chi connectivity index (χ1n) is 16.6. The van der Waals surface area contributed by atoms with Crippen molar-refractivity contribution >= 4 is 23.6 Å². The summed E-state index contributed by atoms with van der Waals surface area (Å²) in [6.07, 6.45) is 2.03. The molecule has 0 aliphatic carbocycles. The first-order chi connectivity index (χ1) is 23.3. The Bertz CT molecular complexity index is 1390. The van der Waals surface area contributed by atoms with Gasteiger partial charge in [0.2, 0.25) is 23.6 Å².